The van der Waals surface area contributed by atoms with Crippen LogP contribution in [0.25, 0.3) is 11.3 Å². The summed E-state index contributed by atoms with van der Waals surface area (Å²) in [5.74, 6) is 0.425. The number of aromatic nitrogens is 3. The van der Waals surface area contributed by atoms with E-state index in [1.165, 1.54) is 6.20 Å². The third-order valence-electron chi connectivity index (χ3n) is 1.88. The molecule has 14 heavy (non-hydrogen) atoms. The molecule has 4 heteroatoms. The van der Waals surface area contributed by atoms with E-state index in [4.69, 9.17) is 5.73 Å². The van der Waals surface area contributed by atoms with Crippen LogP contribution in [0.1, 0.15) is 5.69 Å². The van der Waals surface area contributed by atoms with E-state index >= 15 is 0 Å². The first-order valence-corrected chi connectivity index (χ1v) is 4.26. The Bertz CT molecular complexity index is 375. The number of hydrogen-bond donors (Lipinski definition) is 1. The minimum Gasteiger partial charge on any atom is -0.382 e. The summed E-state index contributed by atoms with van der Waals surface area (Å²) in [5, 5.41) is 0. The second-order valence-electron chi connectivity index (χ2n) is 3.01. The number of anilines is 1. The Balaban J connectivity index is 2.40. The third-order valence-corrected chi connectivity index (χ3v) is 1.88. The largest absolute Gasteiger partial charge is 0.382 e. The number of hydrogen-bond acceptors (Lipinski definition) is 4. The molecular formula is C10H10N4. The molecule has 2 rings (SSSR count). The summed E-state index contributed by atoms with van der Waals surface area (Å²) in [4.78, 5) is 12.3. The molecule has 0 saturated heterocycles. The molecule has 0 aliphatic heterocycles. The molecule has 0 spiro atoms. The van der Waals surface area contributed by atoms with E-state index in [0.29, 0.717) is 5.82 Å². The van der Waals surface area contributed by atoms with Crippen LogP contribution in [0.2, 0.25) is 0 Å². The van der Waals surface area contributed by atoms with E-state index in [0.717, 1.165) is 17.0 Å². The molecule has 70 valence electrons. The van der Waals surface area contributed by atoms with Gasteiger partial charge in [0.1, 0.15) is 5.82 Å². The van der Waals surface area contributed by atoms with E-state index in [1.54, 1.807) is 12.4 Å². The molecule has 0 aliphatic carbocycles. The van der Waals surface area contributed by atoms with Gasteiger partial charge in [0.25, 0.3) is 0 Å². The molecule has 0 unspecified atom stereocenters. The van der Waals surface area contributed by atoms with Gasteiger partial charge in [-0.25, -0.2) is 4.98 Å². The van der Waals surface area contributed by atoms with Gasteiger partial charge in [-0.3, -0.25) is 9.97 Å². The van der Waals surface area contributed by atoms with Crippen molar-refractivity contribution in [1.82, 2.24) is 15.0 Å². The fraction of sp³-hybridized carbons (Fsp3) is 0.100. The minimum atomic E-state index is 0.425. The first-order valence-electron chi connectivity index (χ1n) is 4.26. The van der Waals surface area contributed by atoms with Gasteiger partial charge in [-0.1, -0.05) is 0 Å². The number of nitrogens with two attached hydrogens (primary N) is 1. The van der Waals surface area contributed by atoms with E-state index in [2.05, 4.69) is 15.0 Å². The van der Waals surface area contributed by atoms with Crippen molar-refractivity contribution >= 4 is 5.82 Å². The lowest BCUT2D eigenvalue weighted by atomic mass is 10.2. The zero-order valence-corrected chi connectivity index (χ0v) is 7.81. The van der Waals surface area contributed by atoms with Crippen molar-refractivity contribution in [3.05, 3.63) is 36.4 Å². The van der Waals surface area contributed by atoms with Crippen molar-refractivity contribution in [3.8, 4) is 11.3 Å². The highest BCUT2D eigenvalue weighted by molar-refractivity contribution is 5.57. The average molecular weight is 186 g/mol. The van der Waals surface area contributed by atoms with Gasteiger partial charge in [-0.2, -0.15) is 0 Å². The van der Waals surface area contributed by atoms with E-state index in [9.17, 15) is 0 Å². The SMILES string of the molecule is Cc1ccc(-c2cnc(N)cn2)cn1. The van der Waals surface area contributed by atoms with Gasteiger partial charge in [0.2, 0.25) is 0 Å². The van der Waals surface area contributed by atoms with E-state index in [1.807, 2.05) is 19.1 Å². The Kier molecular flexibility index (Phi) is 2.10. The van der Waals surface area contributed by atoms with Crippen LogP contribution in [-0.4, -0.2) is 15.0 Å². The number of nitrogen functional groups attached to an aromatic ring is 1. The van der Waals surface area contributed by atoms with Crippen LogP contribution in [0.3, 0.4) is 0 Å². The fourth-order valence-corrected chi connectivity index (χ4v) is 1.11. The predicted octanol–water partition coefficient (Wildman–Crippen LogP) is 1.43. The van der Waals surface area contributed by atoms with Crippen LogP contribution in [0, 0.1) is 6.92 Å². The lowest BCUT2D eigenvalue weighted by Gasteiger charge is -1.99. The second kappa shape index (κ2) is 3.41. The standard InChI is InChI=1S/C10H10N4/c1-7-2-3-8(4-12-7)9-5-14-10(11)6-13-9/h2-6H,1H3,(H2,11,14). The molecule has 0 atom stereocenters. The Hall–Kier alpha value is -1.97. The molecule has 4 nitrogen and oxygen atoms in total. The van der Waals surface area contributed by atoms with Gasteiger partial charge < -0.3 is 5.73 Å². The first-order chi connectivity index (χ1) is 6.75. The molecular weight excluding hydrogens is 176 g/mol. The van der Waals surface area contributed by atoms with Gasteiger partial charge in [-0.15, -0.1) is 0 Å². The van der Waals surface area contributed by atoms with Crippen LogP contribution in [0.4, 0.5) is 5.82 Å². The minimum absolute atomic E-state index is 0.425. The Morgan fingerprint density at radius 1 is 1.00 bits per heavy atom. The molecule has 0 bridgehead atoms. The summed E-state index contributed by atoms with van der Waals surface area (Å²) in [6.45, 7) is 1.94. The normalized spacial score (nSPS) is 10.1. The van der Waals surface area contributed by atoms with Crippen molar-refractivity contribution in [2.24, 2.45) is 0 Å². The highest BCUT2D eigenvalue weighted by atomic mass is 14.9. The predicted molar refractivity (Wildman–Crippen MR) is 54.4 cm³/mol. The van der Waals surface area contributed by atoms with Crippen molar-refractivity contribution in [1.29, 1.82) is 0 Å². The molecule has 0 saturated carbocycles. The van der Waals surface area contributed by atoms with Gasteiger partial charge in [-0.05, 0) is 19.1 Å². The van der Waals surface area contributed by atoms with Crippen LogP contribution < -0.4 is 5.73 Å². The van der Waals surface area contributed by atoms with Crippen molar-refractivity contribution in [2.45, 2.75) is 6.92 Å². The van der Waals surface area contributed by atoms with Gasteiger partial charge in [0, 0.05) is 17.5 Å². The molecule has 2 heterocycles. The maximum atomic E-state index is 5.44. The first kappa shape index (κ1) is 8.62. The summed E-state index contributed by atoms with van der Waals surface area (Å²) in [7, 11) is 0. The molecule has 0 amide bonds. The third kappa shape index (κ3) is 1.69. The number of nitrogens with zero attached hydrogens (tertiary/aromatic N) is 3. The summed E-state index contributed by atoms with van der Waals surface area (Å²) in [6.07, 6.45) is 4.95. The van der Waals surface area contributed by atoms with Crippen LogP contribution in [-0.2, 0) is 0 Å². The molecule has 2 aromatic heterocycles. The number of pyridine rings is 1. The van der Waals surface area contributed by atoms with Crippen LogP contribution in [0.5, 0.6) is 0 Å². The fourth-order valence-electron chi connectivity index (χ4n) is 1.11. The zero-order chi connectivity index (χ0) is 9.97. The summed E-state index contributed by atoms with van der Waals surface area (Å²) in [5.41, 5.74) is 8.15. The molecule has 2 aromatic rings. The highest BCUT2D eigenvalue weighted by Gasteiger charge is 1.99. The summed E-state index contributed by atoms with van der Waals surface area (Å²) < 4.78 is 0. The van der Waals surface area contributed by atoms with E-state index in [-0.39, 0.29) is 0 Å². The average Bonchev–Trinajstić information content (AvgIpc) is 2.21. The second-order valence-corrected chi connectivity index (χ2v) is 3.01. The molecule has 0 fully saturated rings. The topological polar surface area (TPSA) is 64.7 Å². The molecule has 0 aromatic carbocycles. The quantitative estimate of drug-likeness (QED) is 0.731. The maximum Gasteiger partial charge on any atom is 0.141 e. The van der Waals surface area contributed by atoms with Crippen molar-refractivity contribution in [3.63, 3.8) is 0 Å². The number of rotatable bonds is 1. The van der Waals surface area contributed by atoms with Crippen LogP contribution >= 0.6 is 0 Å². The Morgan fingerprint density at radius 3 is 2.43 bits per heavy atom. The summed E-state index contributed by atoms with van der Waals surface area (Å²) >= 11 is 0. The van der Waals surface area contributed by atoms with Crippen molar-refractivity contribution < 1.29 is 0 Å². The maximum absolute atomic E-state index is 5.44. The Morgan fingerprint density at radius 2 is 1.86 bits per heavy atom. The highest BCUT2D eigenvalue weighted by Crippen LogP contribution is 2.14. The zero-order valence-electron chi connectivity index (χ0n) is 7.81. The molecule has 0 aliphatic rings. The monoisotopic (exact) mass is 186 g/mol. The molecule has 0 radical (unpaired) electrons. The van der Waals surface area contributed by atoms with Crippen molar-refractivity contribution in [2.75, 3.05) is 5.73 Å². The summed E-state index contributed by atoms with van der Waals surface area (Å²) in [6, 6.07) is 3.90. The van der Waals surface area contributed by atoms with Gasteiger partial charge >= 0.3 is 0 Å². The number of aryl methyl sites for hydroxylation is 1. The lowest BCUT2D eigenvalue weighted by molar-refractivity contribution is 1.17. The van der Waals surface area contributed by atoms with Gasteiger partial charge in [0.05, 0.1) is 18.1 Å². The smallest absolute Gasteiger partial charge is 0.141 e. The lowest BCUT2D eigenvalue weighted by Crippen LogP contribution is -1.92. The van der Waals surface area contributed by atoms with Gasteiger partial charge in [0.15, 0.2) is 0 Å². The van der Waals surface area contributed by atoms with Crippen LogP contribution in [0.15, 0.2) is 30.7 Å². The molecule has 2 N–H and O–H groups in total. The Labute approximate surface area is 81.9 Å². The van der Waals surface area contributed by atoms with E-state index < -0.39 is 0 Å².